The quantitative estimate of drug-likeness (QED) is 0.812. The molecule has 1 saturated heterocycles. The first-order valence-corrected chi connectivity index (χ1v) is 8.01. The maximum Gasteiger partial charge on any atom is 0.317 e. The second kappa shape index (κ2) is 8.22. The van der Waals surface area contributed by atoms with Crippen molar-refractivity contribution in [2.75, 3.05) is 26.3 Å². The Kier molecular flexibility index (Phi) is 6.29. The highest BCUT2D eigenvalue weighted by molar-refractivity contribution is 5.76. The summed E-state index contributed by atoms with van der Waals surface area (Å²) < 4.78 is 5.28. The van der Waals surface area contributed by atoms with Gasteiger partial charge in [0.1, 0.15) is 0 Å². The van der Waals surface area contributed by atoms with Crippen molar-refractivity contribution in [1.29, 1.82) is 0 Å². The monoisotopic (exact) mass is 298 g/mol. The highest BCUT2D eigenvalue weighted by Gasteiger charge is 2.29. The minimum absolute atomic E-state index is 0.0595. The van der Waals surface area contributed by atoms with E-state index in [4.69, 9.17) is 9.84 Å². The van der Waals surface area contributed by atoms with Crippen LogP contribution in [0.1, 0.15) is 44.9 Å². The number of rotatable bonds is 5. The Morgan fingerprint density at radius 3 is 2.71 bits per heavy atom. The molecule has 0 aromatic rings. The second-order valence-electron chi connectivity index (χ2n) is 6.04. The van der Waals surface area contributed by atoms with Crippen molar-refractivity contribution >= 4 is 12.0 Å². The number of carboxylic acids is 1. The first-order chi connectivity index (χ1) is 10.2. The molecule has 6 heteroatoms. The van der Waals surface area contributed by atoms with Gasteiger partial charge in [0.25, 0.3) is 0 Å². The number of carbonyl (C=O) groups excluding carboxylic acids is 1. The van der Waals surface area contributed by atoms with Gasteiger partial charge in [0.2, 0.25) is 0 Å². The van der Waals surface area contributed by atoms with E-state index in [1.807, 2.05) is 0 Å². The number of ether oxygens (including phenoxy) is 1. The van der Waals surface area contributed by atoms with E-state index in [0.717, 1.165) is 12.3 Å². The molecule has 2 rings (SSSR count). The topological polar surface area (TPSA) is 78.9 Å². The number of hydrogen-bond acceptors (Lipinski definition) is 3. The van der Waals surface area contributed by atoms with Crippen LogP contribution in [0.4, 0.5) is 4.79 Å². The van der Waals surface area contributed by atoms with E-state index < -0.39 is 5.97 Å². The van der Waals surface area contributed by atoms with Crippen LogP contribution in [-0.2, 0) is 9.53 Å². The van der Waals surface area contributed by atoms with Crippen LogP contribution >= 0.6 is 0 Å². The summed E-state index contributed by atoms with van der Waals surface area (Å²) in [7, 11) is 0. The van der Waals surface area contributed by atoms with Crippen LogP contribution in [0.15, 0.2) is 0 Å². The standard InChI is InChI=1S/C15H26N2O4/c18-14(19)10-13-11-21-9-8-17(13)15(20)16-7-6-12-4-2-1-3-5-12/h12-13H,1-11H2,(H,16,20)(H,18,19). The highest BCUT2D eigenvalue weighted by atomic mass is 16.5. The summed E-state index contributed by atoms with van der Waals surface area (Å²) in [5, 5.41) is 11.8. The zero-order chi connectivity index (χ0) is 15.1. The summed E-state index contributed by atoms with van der Waals surface area (Å²) in [4.78, 5) is 24.6. The molecule has 2 N–H and O–H groups in total. The fourth-order valence-corrected chi connectivity index (χ4v) is 3.25. The summed E-state index contributed by atoms with van der Waals surface area (Å²) >= 11 is 0. The minimum Gasteiger partial charge on any atom is -0.481 e. The average molecular weight is 298 g/mol. The molecule has 2 fully saturated rings. The number of nitrogens with zero attached hydrogens (tertiary/aromatic N) is 1. The van der Waals surface area contributed by atoms with Gasteiger partial charge >= 0.3 is 12.0 Å². The molecular weight excluding hydrogens is 272 g/mol. The maximum atomic E-state index is 12.2. The normalized spacial score (nSPS) is 23.8. The Morgan fingerprint density at radius 1 is 1.24 bits per heavy atom. The molecule has 1 saturated carbocycles. The van der Waals surface area contributed by atoms with Gasteiger partial charge in [0.15, 0.2) is 0 Å². The Labute approximate surface area is 125 Å². The predicted octanol–water partition coefficient (Wildman–Crippen LogP) is 1.84. The lowest BCUT2D eigenvalue weighted by Gasteiger charge is -2.35. The molecule has 1 atom stereocenters. The van der Waals surface area contributed by atoms with E-state index in [0.29, 0.717) is 26.3 Å². The lowest BCUT2D eigenvalue weighted by molar-refractivity contribution is -0.139. The van der Waals surface area contributed by atoms with Crippen molar-refractivity contribution < 1.29 is 19.4 Å². The number of urea groups is 1. The fourth-order valence-electron chi connectivity index (χ4n) is 3.25. The summed E-state index contributed by atoms with van der Waals surface area (Å²) in [5.41, 5.74) is 0. The summed E-state index contributed by atoms with van der Waals surface area (Å²) in [6.07, 6.45) is 7.47. The molecule has 0 spiro atoms. The van der Waals surface area contributed by atoms with Gasteiger partial charge in [0.05, 0.1) is 25.7 Å². The van der Waals surface area contributed by atoms with Gasteiger partial charge in [-0.3, -0.25) is 4.79 Å². The Morgan fingerprint density at radius 2 is 2.00 bits per heavy atom. The van der Waals surface area contributed by atoms with E-state index in [1.165, 1.54) is 32.1 Å². The number of carboxylic acid groups (broad SMARTS) is 1. The third-order valence-corrected chi connectivity index (χ3v) is 4.45. The van der Waals surface area contributed by atoms with Gasteiger partial charge in [-0.2, -0.15) is 0 Å². The molecule has 1 aliphatic carbocycles. The van der Waals surface area contributed by atoms with Gasteiger partial charge in [0, 0.05) is 13.1 Å². The van der Waals surface area contributed by atoms with Crippen LogP contribution in [0.25, 0.3) is 0 Å². The number of hydrogen-bond donors (Lipinski definition) is 2. The highest BCUT2D eigenvalue weighted by Crippen LogP contribution is 2.25. The zero-order valence-electron chi connectivity index (χ0n) is 12.6. The Bertz CT molecular complexity index is 356. The molecule has 21 heavy (non-hydrogen) atoms. The van der Waals surface area contributed by atoms with Gasteiger partial charge in [-0.25, -0.2) is 4.79 Å². The van der Waals surface area contributed by atoms with E-state index >= 15 is 0 Å². The van der Waals surface area contributed by atoms with E-state index in [2.05, 4.69) is 5.32 Å². The van der Waals surface area contributed by atoms with Crippen molar-refractivity contribution in [2.24, 2.45) is 5.92 Å². The van der Waals surface area contributed by atoms with Crippen LogP contribution in [0, 0.1) is 5.92 Å². The van der Waals surface area contributed by atoms with Crippen LogP contribution in [0.5, 0.6) is 0 Å². The summed E-state index contributed by atoms with van der Waals surface area (Å²) in [6, 6.07) is -0.508. The molecule has 0 bridgehead atoms. The molecule has 0 radical (unpaired) electrons. The van der Waals surface area contributed by atoms with Crippen LogP contribution < -0.4 is 5.32 Å². The smallest absolute Gasteiger partial charge is 0.317 e. The third kappa shape index (κ3) is 5.19. The first kappa shape index (κ1) is 16.1. The Balaban J connectivity index is 1.73. The fraction of sp³-hybridized carbons (Fsp3) is 0.867. The molecule has 2 aliphatic rings. The lowest BCUT2D eigenvalue weighted by atomic mass is 9.87. The number of nitrogens with one attached hydrogen (secondary N) is 1. The predicted molar refractivity (Wildman–Crippen MR) is 78.2 cm³/mol. The molecule has 120 valence electrons. The molecule has 1 heterocycles. The zero-order valence-corrected chi connectivity index (χ0v) is 12.6. The number of morpholine rings is 1. The largest absolute Gasteiger partial charge is 0.481 e. The van der Waals surface area contributed by atoms with Crippen LogP contribution in [0.2, 0.25) is 0 Å². The van der Waals surface area contributed by atoms with E-state index in [9.17, 15) is 9.59 Å². The molecule has 1 aliphatic heterocycles. The molecule has 1 unspecified atom stereocenters. The lowest BCUT2D eigenvalue weighted by Crippen LogP contribution is -2.53. The Hall–Kier alpha value is -1.30. The van der Waals surface area contributed by atoms with Gasteiger partial charge < -0.3 is 20.1 Å². The minimum atomic E-state index is -0.898. The summed E-state index contributed by atoms with van der Waals surface area (Å²) in [5.74, 6) is -0.163. The van der Waals surface area contributed by atoms with E-state index in [1.54, 1.807) is 4.90 Å². The van der Waals surface area contributed by atoms with Gasteiger partial charge in [-0.1, -0.05) is 32.1 Å². The molecule has 0 aromatic carbocycles. The van der Waals surface area contributed by atoms with Gasteiger partial charge in [-0.05, 0) is 12.3 Å². The van der Waals surface area contributed by atoms with Crippen molar-refractivity contribution in [1.82, 2.24) is 10.2 Å². The molecular formula is C15H26N2O4. The van der Waals surface area contributed by atoms with E-state index in [-0.39, 0.29) is 18.5 Å². The van der Waals surface area contributed by atoms with Crippen molar-refractivity contribution in [3.8, 4) is 0 Å². The molecule has 0 aromatic heterocycles. The summed E-state index contributed by atoms with van der Waals surface area (Å²) in [6.45, 7) is 1.93. The van der Waals surface area contributed by atoms with Crippen LogP contribution in [0.3, 0.4) is 0 Å². The SMILES string of the molecule is O=C(O)CC1COCCN1C(=O)NCCC1CCCCC1. The number of amides is 2. The third-order valence-electron chi connectivity index (χ3n) is 4.45. The van der Waals surface area contributed by atoms with Gasteiger partial charge in [-0.15, -0.1) is 0 Å². The first-order valence-electron chi connectivity index (χ1n) is 8.01. The van der Waals surface area contributed by atoms with Crippen molar-refractivity contribution in [3.63, 3.8) is 0 Å². The molecule has 6 nitrogen and oxygen atoms in total. The van der Waals surface area contributed by atoms with Crippen molar-refractivity contribution in [3.05, 3.63) is 0 Å². The number of carbonyl (C=O) groups is 2. The average Bonchev–Trinajstić information content (AvgIpc) is 2.48. The second-order valence-corrected chi connectivity index (χ2v) is 6.04. The maximum absolute atomic E-state index is 12.2. The van der Waals surface area contributed by atoms with Crippen LogP contribution in [-0.4, -0.2) is 54.4 Å². The number of aliphatic carboxylic acids is 1. The molecule has 2 amide bonds. The van der Waals surface area contributed by atoms with Crippen molar-refractivity contribution in [2.45, 2.75) is 51.0 Å².